The van der Waals surface area contributed by atoms with Gasteiger partial charge in [0.1, 0.15) is 5.69 Å². The van der Waals surface area contributed by atoms with Gasteiger partial charge in [0.15, 0.2) is 5.95 Å². The summed E-state index contributed by atoms with van der Waals surface area (Å²) in [6, 6.07) is 3.79. The first-order valence-electron chi connectivity index (χ1n) is 3.74. The van der Waals surface area contributed by atoms with Crippen LogP contribution in [0.4, 0.5) is 5.95 Å². The van der Waals surface area contributed by atoms with Crippen LogP contribution in [0.15, 0.2) is 12.1 Å². The molecule has 68 valence electrons. The van der Waals surface area contributed by atoms with Crippen LogP contribution in [0.3, 0.4) is 0 Å². The van der Waals surface area contributed by atoms with Gasteiger partial charge >= 0.3 is 0 Å². The lowest BCUT2D eigenvalue weighted by Crippen LogP contribution is -1.84. The molecule has 3 nitrogen and oxygen atoms in total. The number of aryl methyl sites for hydroxylation is 1. The summed E-state index contributed by atoms with van der Waals surface area (Å²) in [4.78, 5) is 8.15. The summed E-state index contributed by atoms with van der Waals surface area (Å²) >= 11 is 7.31. The van der Waals surface area contributed by atoms with Gasteiger partial charge in [-0.3, -0.25) is 0 Å². The number of H-pyrrole nitrogens is 1. The van der Waals surface area contributed by atoms with E-state index in [-0.39, 0.29) is 0 Å². The molecule has 0 radical (unpaired) electrons. The molecule has 0 aliphatic rings. The van der Waals surface area contributed by atoms with Gasteiger partial charge in [0, 0.05) is 5.69 Å². The predicted molar refractivity (Wildman–Crippen MR) is 56.1 cm³/mol. The summed E-state index contributed by atoms with van der Waals surface area (Å²) in [6.07, 6.45) is 0. The first-order valence-corrected chi connectivity index (χ1v) is 4.94. The zero-order valence-corrected chi connectivity index (χ0v) is 8.54. The van der Waals surface area contributed by atoms with Gasteiger partial charge in [0.05, 0.1) is 9.21 Å². The average molecular weight is 214 g/mol. The highest BCUT2D eigenvalue weighted by molar-refractivity contribution is 7.19. The molecule has 0 saturated carbocycles. The minimum atomic E-state index is 0.442. The molecule has 0 amide bonds. The van der Waals surface area contributed by atoms with Crippen LogP contribution >= 0.6 is 22.9 Å². The fraction of sp³-hybridized carbons (Fsp3) is 0.125. The van der Waals surface area contributed by atoms with E-state index >= 15 is 0 Å². The van der Waals surface area contributed by atoms with Crippen molar-refractivity contribution < 1.29 is 0 Å². The number of aromatic nitrogens is 2. The predicted octanol–water partition coefficient (Wildman–Crippen LogP) is 2.68. The summed E-state index contributed by atoms with van der Waals surface area (Å²) in [7, 11) is 0. The lowest BCUT2D eigenvalue weighted by molar-refractivity contribution is 1.26. The van der Waals surface area contributed by atoms with Gasteiger partial charge in [0.25, 0.3) is 0 Å². The molecular formula is C8H8ClN3S. The van der Waals surface area contributed by atoms with Crippen molar-refractivity contribution in [3.05, 3.63) is 22.2 Å². The number of hydrogen-bond acceptors (Lipinski definition) is 3. The Labute approximate surface area is 84.6 Å². The second-order valence-electron chi connectivity index (χ2n) is 2.70. The molecule has 2 rings (SSSR count). The van der Waals surface area contributed by atoms with Crippen molar-refractivity contribution in [1.29, 1.82) is 0 Å². The van der Waals surface area contributed by atoms with Crippen LogP contribution in [0, 0.1) is 6.92 Å². The molecule has 0 saturated heterocycles. The highest BCUT2D eigenvalue weighted by Crippen LogP contribution is 2.31. The molecule has 0 unspecified atom stereocenters. The summed E-state index contributed by atoms with van der Waals surface area (Å²) in [6.45, 7) is 1.94. The third-order valence-corrected chi connectivity index (χ3v) is 2.95. The van der Waals surface area contributed by atoms with E-state index in [1.165, 1.54) is 11.3 Å². The molecule has 0 aliphatic carbocycles. The molecule has 2 aromatic rings. The Morgan fingerprint density at radius 1 is 1.54 bits per heavy atom. The van der Waals surface area contributed by atoms with Gasteiger partial charge in [0.2, 0.25) is 0 Å². The van der Waals surface area contributed by atoms with Crippen molar-refractivity contribution in [1.82, 2.24) is 9.97 Å². The number of thiophene rings is 1. The topological polar surface area (TPSA) is 54.7 Å². The Balaban J connectivity index is 2.51. The molecule has 2 aromatic heterocycles. The van der Waals surface area contributed by atoms with Crippen molar-refractivity contribution in [3.63, 3.8) is 0 Å². The summed E-state index contributed by atoms with van der Waals surface area (Å²) < 4.78 is 0.760. The van der Waals surface area contributed by atoms with E-state index < -0.39 is 0 Å². The van der Waals surface area contributed by atoms with E-state index in [2.05, 4.69) is 9.97 Å². The first kappa shape index (κ1) is 8.59. The second-order valence-corrected chi connectivity index (χ2v) is 4.41. The first-order chi connectivity index (χ1) is 6.16. The largest absolute Gasteiger partial charge is 0.369 e. The molecule has 0 bridgehead atoms. The van der Waals surface area contributed by atoms with Crippen molar-refractivity contribution >= 4 is 28.9 Å². The van der Waals surface area contributed by atoms with Crippen molar-refractivity contribution in [2.24, 2.45) is 0 Å². The molecule has 0 aromatic carbocycles. The van der Waals surface area contributed by atoms with Gasteiger partial charge in [-0.15, -0.1) is 11.3 Å². The Hall–Kier alpha value is -1.000. The lowest BCUT2D eigenvalue weighted by Gasteiger charge is -1.90. The Kier molecular flexibility index (Phi) is 2.01. The Morgan fingerprint density at radius 3 is 2.77 bits per heavy atom. The zero-order valence-electron chi connectivity index (χ0n) is 6.97. The van der Waals surface area contributed by atoms with E-state index in [1.807, 2.05) is 19.1 Å². The van der Waals surface area contributed by atoms with Crippen LogP contribution in [0.5, 0.6) is 0 Å². The van der Waals surface area contributed by atoms with Crippen LogP contribution in [0.2, 0.25) is 4.34 Å². The number of nitrogen functional groups attached to an aromatic ring is 1. The maximum absolute atomic E-state index is 5.82. The van der Waals surface area contributed by atoms with Gasteiger partial charge in [-0.25, -0.2) is 4.98 Å². The fourth-order valence-electron chi connectivity index (χ4n) is 1.17. The fourth-order valence-corrected chi connectivity index (χ4v) is 2.26. The SMILES string of the molecule is Cc1[nH]c(N)nc1-c1ccc(Cl)s1. The van der Waals surface area contributed by atoms with Crippen LogP contribution in [-0.2, 0) is 0 Å². The highest BCUT2D eigenvalue weighted by atomic mass is 35.5. The Bertz CT molecular complexity index is 432. The molecule has 2 heterocycles. The number of nitrogens with zero attached hydrogens (tertiary/aromatic N) is 1. The van der Waals surface area contributed by atoms with Crippen LogP contribution < -0.4 is 5.73 Å². The number of halogens is 1. The molecule has 13 heavy (non-hydrogen) atoms. The van der Waals surface area contributed by atoms with Gasteiger partial charge in [-0.05, 0) is 19.1 Å². The van der Waals surface area contributed by atoms with E-state index in [0.29, 0.717) is 5.95 Å². The molecule has 0 atom stereocenters. The van der Waals surface area contributed by atoms with Crippen molar-refractivity contribution in [3.8, 4) is 10.6 Å². The smallest absolute Gasteiger partial charge is 0.198 e. The van der Waals surface area contributed by atoms with Gasteiger partial charge in [-0.2, -0.15) is 0 Å². The minimum absolute atomic E-state index is 0.442. The second kappa shape index (κ2) is 3.05. The van der Waals surface area contributed by atoms with Gasteiger partial charge in [-0.1, -0.05) is 11.6 Å². The van der Waals surface area contributed by atoms with E-state index in [9.17, 15) is 0 Å². The van der Waals surface area contributed by atoms with Gasteiger partial charge < -0.3 is 10.7 Å². The summed E-state index contributed by atoms with van der Waals surface area (Å²) in [5, 5.41) is 0. The number of aromatic amines is 1. The molecule has 0 aliphatic heterocycles. The average Bonchev–Trinajstić information content (AvgIpc) is 2.58. The molecule has 0 fully saturated rings. The Morgan fingerprint density at radius 2 is 2.31 bits per heavy atom. The number of hydrogen-bond donors (Lipinski definition) is 2. The maximum Gasteiger partial charge on any atom is 0.198 e. The van der Waals surface area contributed by atoms with Crippen molar-refractivity contribution in [2.75, 3.05) is 5.73 Å². The minimum Gasteiger partial charge on any atom is -0.369 e. The molecule has 5 heteroatoms. The normalized spacial score (nSPS) is 10.6. The van der Waals surface area contributed by atoms with E-state index in [4.69, 9.17) is 17.3 Å². The number of rotatable bonds is 1. The van der Waals surface area contributed by atoms with E-state index in [1.54, 1.807) is 0 Å². The lowest BCUT2D eigenvalue weighted by atomic mass is 10.3. The van der Waals surface area contributed by atoms with Crippen LogP contribution in [-0.4, -0.2) is 9.97 Å². The third-order valence-electron chi connectivity index (χ3n) is 1.71. The standard InChI is InChI=1S/C8H8ClN3S/c1-4-7(12-8(10)11-4)5-2-3-6(9)13-5/h2-3H,1H3,(H3,10,11,12). The molecule has 0 spiro atoms. The number of nitrogens with two attached hydrogens (primary N) is 1. The number of nitrogens with one attached hydrogen (secondary N) is 1. The van der Waals surface area contributed by atoms with Crippen LogP contribution in [0.25, 0.3) is 10.6 Å². The maximum atomic E-state index is 5.82. The third kappa shape index (κ3) is 1.55. The van der Waals surface area contributed by atoms with Crippen molar-refractivity contribution in [2.45, 2.75) is 6.92 Å². The number of imidazole rings is 1. The zero-order chi connectivity index (χ0) is 9.42. The number of anilines is 1. The summed E-state index contributed by atoms with van der Waals surface area (Å²) in [5.41, 5.74) is 7.38. The summed E-state index contributed by atoms with van der Waals surface area (Å²) in [5.74, 6) is 0.442. The molecule has 3 N–H and O–H groups in total. The quantitative estimate of drug-likeness (QED) is 0.765. The van der Waals surface area contributed by atoms with E-state index in [0.717, 1.165) is 20.6 Å². The van der Waals surface area contributed by atoms with Crippen LogP contribution in [0.1, 0.15) is 5.69 Å². The molecular weight excluding hydrogens is 206 g/mol. The monoisotopic (exact) mass is 213 g/mol. The highest BCUT2D eigenvalue weighted by Gasteiger charge is 2.08.